The number of hydrogen-bond acceptors (Lipinski definition) is 3. The van der Waals surface area contributed by atoms with E-state index < -0.39 is 0 Å². The van der Waals surface area contributed by atoms with Crippen molar-refractivity contribution in [3.8, 4) is 0 Å². The number of rotatable bonds is 2. The van der Waals surface area contributed by atoms with Crippen LogP contribution >= 0.6 is 0 Å². The minimum Gasteiger partial charge on any atom is -0.340 e. The second-order valence-corrected chi connectivity index (χ2v) is 6.90. The number of amides is 1. The average molecular weight is 265 g/mol. The summed E-state index contributed by atoms with van der Waals surface area (Å²) in [4.78, 5) is 17.3. The van der Waals surface area contributed by atoms with Crippen LogP contribution in [0.1, 0.15) is 45.4 Å². The Kier molecular flexibility index (Phi) is 3.56. The molecule has 19 heavy (non-hydrogen) atoms. The number of piperazine rings is 1. The molecule has 1 saturated heterocycles. The van der Waals surface area contributed by atoms with Gasteiger partial charge < -0.3 is 10.6 Å². The lowest BCUT2D eigenvalue weighted by Crippen LogP contribution is -2.57. The van der Waals surface area contributed by atoms with Gasteiger partial charge in [0.25, 0.3) is 0 Å². The Morgan fingerprint density at radius 3 is 2.37 bits per heavy atom. The van der Waals surface area contributed by atoms with E-state index in [2.05, 4.69) is 16.7 Å². The first-order chi connectivity index (χ1) is 9.08. The Hall–Kier alpha value is -0.610. The van der Waals surface area contributed by atoms with Gasteiger partial charge in [0, 0.05) is 37.8 Å². The molecule has 3 rings (SSSR count). The number of nitrogens with two attached hydrogens (primary N) is 1. The molecule has 0 spiro atoms. The Labute approximate surface area is 116 Å². The SMILES string of the molecule is CC1(N)CCCCC1C(=O)N1CCN(C2CC2)CC1. The van der Waals surface area contributed by atoms with E-state index >= 15 is 0 Å². The van der Waals surface area contributed by atoms with Gasteiger partial charge in [-0.15, -0.1) is 0 Å². The minimum absolute atomic E-state index is 0.0497. The Morgan fingerprint density at radius 2 is 1.79 bits per heavy atom. The maximum atomic E-state index is 12.7. The molecule has 0 aromatic rings. The smallest absolute Gasteiger partial charge is 0.227 e. The fraction of sp³-hybridized carbons (Fsp3) is 0.933. The summed E-state index contributed by atoms with van der Waals surface area (Å²) in [5, 5.41) is 0. The Morgan fingerprint density at radius 1 is 1.11 bits per heavy atom. The van der Waals surface area contributed by atoms with Crippen LogP contribution in [-0.4, -0.2) is 53.5 Å². The number of hydrogen-bond donors (Lipinski definition) is 1. The highest BCUT2D eigenvalue weighted by Crippen LogP contribution is 2.33. The highest BCUT2D eigenvalue weighted by molar-refractivity contribution is 5.80. The van der Waals surface area contributed by atoms with Crippen LogP contribution < -0.4 is 5.73 Å². The summed E-state index contributed by atoms with van der Waals surface area (Å²) in [5.41, 5.74) is 6.07. The lowest BCUT2D eigenvalue weighted by Gasteiger charge is -2.42. The van der Waals surface area contributed by atoms with Crippen LogP contribution in [0.15, 0.2) is 0 Å². The molecule has 0 aromatic heterocycles. The van der Waals surface area contributed by atoms with E-state index in [1.807, 2.05) is 0 Å². The molecule has 2 saturated carbocycles. The van der Waals surface area contributed by atoms with Gasteiger partial charge in [-0.2, -0.15) is 0 Å². The highest BCUT2D eigenvalue weighted by Gasteiger charge is 2.41. The molecule has 2 atom stereocenters. The molecule has 1 amide bonds. The predicted octanol–water partition coefficient (Wildman–Crippen LogP) is 1.20. The van der Waals surface area contributed by atoms with Gasteiger partial charge >= 0.3 is 0 Å². The molecule has 0 bridgehead atoms. The van der Waals surface area contributed by atoms with E-state index in [1.165, 1.54) is 19.3 Å². The van der Waals surface area contributed by atoms with Crippen molar-refractivity contribution in [3.63, 3.8) is 0 Å². The zero-order valence-electron chi connectivity index (χ0n) is 12.1. The van der Waals surface area contributed by atoms with Crippen LogP contribution in [-0.2, 0) is 4.79 Å². The monoisotopic (exact) mass is 265 g/mol. The molecule has 2 aliphatic carbocycles. The molecule has 1 heterocycles. The van der Waals surface area contributed by atoms with Gasteiger partial charge in [-0.25, -0.2) is 0 Å². The molecule has 108 valence electrons. The first-order valence-electron chi connectivity index (χ1n) is 7.90. The summed E-state index contributed by atoms with van der Waals surface area (Å²) in [5.74, 6) is 0.369. The molecule has 0 radical (unpaired) electrons. The van der Waals surface area contributed by atoms with Crippen molar-refractivity contribution in [1.29, 1.82) is 0 Å². The van der Waals surface area contributed by atoms with Gasteiger partial charge in [-0.3, -0.25) is 9.69 Å². The van der Waals surface area contributed by atoms with Gasteiger partial charge in [-0.1, -0.05) is 12.8 Å². The van der Waals surface area contributed by atoms with Crippen molar-refractivity contribution in [2.75, 3.05) is 26.2 Å². The van der Waals surface area contributed by atoms with E-state index in [0.29, 0.717) is 5.91 Å². The molecule has 0 aromatic carbocycles. The third kappa shape index (κ3) is 2.79. The quantitative estimate of drug-likeness (QED) is 0.816. The maximum absolute atomic E-state index is 12.7. The summed E-state index contributed by atoms with van der Waals surface area (Å²) >= 11 is 0. The van der Waals surface area contributed by atoms with Crippen molar-refractivity contribution < 1.29 is 4.79 Å². The number of carbonyl (C=O) groups is 1. The van der Waals surface area contributed by atoms with Crippen molar-refractivity contribution in [2.24, 2.45) is 11.7 Å². The second kappa shape index (κ2) is 5.06. The fourth-order valence-corrected chi connectivity index (χ4v) is 3.73. The molecular formula is C15H27N3O. The molecule has 1 aliphatic heterocycles. The van der Waals surface area contributed by atoms with Crippen LogP contribution in [0.4, 0.5) is 0 Å². The van der Waals surface area contributed by atoms with Crippen LogP contribution in [0, 0.1) is 5.92 Å². The first-order valence-corrected chi connectivity index (χ1v) is 7.90. The Balaban J connectivity index is 1.57. The summed E-state index contributed by atoms with van der Waals surface area (Å²) in [6.07, 6.45) is 7.02. The molecule has 4 nitrogen and oxygen atoms in total. The molecular weight excluding hydrogens is 238 g/mol. The van der Waals surface area contributed by atoms with Crippen LogP contribution in [0.3, 0.4) is 0 Å². The van der Waals surface area contributed by atoms with Gasteiger partial charge in [0.05, 0.1) is 5.92 Å². The van der Waals surface area contributed by atoms with Crippen molar-refractivity contribution in [3.05, 3.63) is 0 Å². The maximum Gasteiger partial charge on any atom is 0.227 e. The van der Waals surface area contributed by atoms with E-state index in [1.54, 1.807) is 0 Å². The van der Waals surface area contributed by atoms with E-state index in [-0.39, 0.29) is 11.5 Å². The predicted molar refractivity (Wildman–Crippen MR) is 75.7 cm³/mol. The van der Waals surface area contributed by atoms with E-state index in [4.69, 9.17) is 5.73 Å². The lowest BCUT2D eigenvalue weighted by molar-refractivity contribution is -0.140. The number of carbonyl (C=O) groups excluding carboxylic acids is 1. The normalized spacial score (nSPS) is 37.4. The minimum atomic E-state index is -0.289. The molecule has 2 unspecified atom stereocenters. The summed E-state index contributed by atoms with van der Waals surface area (Å²) in [6, 6.07) is 0.826. The molecule has 4 heteroatoms. The van der Waals surface area contributed by atoms with Gasteiger partial charge in [0.15, 0.2) is 0 Å². The Bertz CT molecular complexity index is 343. The third-order valence-electron chi connectivity index (χ3n) is 5.24. The zero-order chi connectivity index (χ0) is 13.5. The highest BCUT2D eigenvalue weighted by atomic mass is 16.2. The van der Waals surface area contributed by atoms with Crippen molar-refractivity contribution >= 4 is 5.91 Å². The topological polar surface area (TPSA) is 49.6 Å². The van der Waals surface area contributed by atoms with Crippen LogP contribution in [0.2, 0.25) is 0 Å². The van der Waals surface area contributed by atoms with Gasteiger partial charge in [-0.05, 0) is 32.6 Å². The van der Waals surface area contributed by atoms with Gasteiger partial charge in [0.1, 0.15) is 0 Å². The molecule has 2 N–H and O–H groups in total. The summed E-state index contributed by atoms with van der Waals surface area (Å²) in [6.45, 7) is 5.99. The zero-order valence-corrected chi connectivity index (χ0v) is 12.1. The lowest BCUT2D eigenvalue weighted by atomic mass is 9.74. The molecule has 3 aliphatic rings. The van der Waals surface area contributed by atoms with Crippen molar-refractivity contribution in [1.82, 2.24) is 9.80 Å². The third-order valence-corrected chi connectivity index (χ3v) is 5.24. The summed E-state index contributed by atoms with van der Waals surface area (Å²) in [7, 11) is 0. The van der Waals surface area contributed by atoms with Crippen molar-refractivity contribution in [2.45, 2.75) is 57.0 Å². The van der Waals surface area contributed by atoms with Gasteiger partial charge in [0.2, 0.25) is 5.91 Å². The number of nitrogens with zero attached hydrogens (tertiary/aromatic N) is 2. The van der Waals surface area contributed by atoms with Crippen LogP contribution in [0.25, 0.3) is 0 Å². The largest absolute Gasteiger partial charge is 0.340 e. The van der Waals surface area contributed by atoms with E-state index in [9.17, 15) is 4.79 Å². The van der Waals surface area contributed by atoms with E-state index in [0.717, 1.165) is 51.5 Å². The fourth-order valence-electron chi connectivity index (χ4n) is 3.73. The summed E-state index contributed by atoms with van der Waals surface area (Å²) < 4.78 is 0. The first kappa shape index (κ1) is 13.4. The van der Waals surface area contributed by atoms with Crippen LogP contribution in [0.5, 0.6) is 0 Å². The average Bonchev–Trinajstić information content (AvgIpc) is 3.22. The standard InChI is InChI=1S/C15H27N3O/c1-15(16)7-3-2-4-13(15)14(19)18-10-8-17(9-11-18)12-5-6-12/h12-13H,2-11,16H2,1H3. The second-order valence-electron chi connectivity index (χ2n) is 6.90. The molecule has 3 fully saturated rings.